The summed E-state index contributed by atoms with van der Waals surface area (Å²) < 4.78 is 23.6. The van der Waals surface area contributed by atoms with Gasteiger partial charge in [-0.25, -0.2) is 0 Å². The van der Waals surface area contributed by atoms with Gasteiger partial charge in [0.05, 0.1) is 13.2 Å². The molecule has 0 aromatic heterocycles. The standard InChI is InChI=1S/C20H23N3O5/c1-20(2)27-17-15(10-24)26-19(16(22-23-21)18(17)28-20)25-11-12-7-8-13-5-3-4-6-14(13)9-12/h3-9,15-19,24H,10-11H2,1-2H3/t15-,16-,17+,18-,19+/m1/s1. The van der Waals surface area contributed by atoms with Crippen molar-refractivity contribution in [2.24, 2.45) is 5.11 Å². The summed E-state index contributed by atoms with van der Waals surface area (Å²) in [6.45, 7) is 3.57. The number of azide groups is 1. The van der Waals surface area contributed by atoms with Gasteiger partial charge in [0, 0.05) is 4.91 Å². The number of ether oxygens (including phenoxy) is 4. The first-order chi connectivity index (χ1) is 13.5. The molecule has 8 heteroatoms. The van der Waals surface area contributed by atoms with Crippen LogP contribution in [-0.4, -0.2) is 48.1 Å². The molecule has 2 aliphatic rings. The van der Waals surface area contributed by atoms with Gasteiger partial charge in [0.2, 0.25) is 0 Å². The summed E-state index contributed by atoms with van der Waals surface area (Å²) in [5.41, 5.74) is 9.98. The zero-order chi connectivity index (χ0) is 19.7. The molecule has 0 amide bonds. The van der Waals surface area contributed by atoms with Crippen LogP contribution in [0.4, 0.5) is 0 Å². The van der Waals surface area contributed by atoms with Crippen molar-refractivity contribution < 1.29 is 24.1 Å². The van der Waals surface area contributed by atoms with Crippen molar-refractivity contribution in [2.75, 3.05) is 6.61 Å². The number of rotatable bonds is 5. The van der Waals surface area contributed by atoms with E-state index in [4.69, 9.17) is 24.5 Å². The summed E-state index contributed by atoms with van der Waals surface area (Å²) >= 11 is 0. The number of fused-ring (bicyclic) bond motifs is 2. The summed E-state index contributed by atoms with van der Waals surface area (Å²) in [7, 11) is 0. The number of aliphatic hydroxyl groups excluding tert-OH is 1. The highest BCUT2D eigenvalue weighted by Crippen LogP contribution is 2.39. The maximum absolute atomic E-state index is 9.73. The SMILES string of the molecule is CC1(C)O[C@@H]2[C@@H](N=[N+]=[N-])[C@@H](OCc3ccc4ccccc4c3)O[C@H](CO)[C@@H]2O1. The molecular formula is C20H23N3O5. The zero-order valence-electron chi connectivity index (χ0n) is 15.8. The van der Waals surface area contributed by atoms with Gasteiger partial charge in [-0.3, -0.25) is 0 Å². The lowest BCUT2D eigenvalue weighted by atomic mass is 9.98. The van der Waals surface area contributed by atoms with Gasteiger partial charge in [0.25, 0.3) is 0 Å². The number of aliphatic hydroxyl groups is 1. The third-order valence-corrected chi connectivity index (χ3v) is 5.05. The van der Waals surface area contributed by atoms with Crippen LogP contribution in [0.5, 0.6) is 0 Å². The normalized spacial score (nSPS) is 31.3. The van der Waals surface area contributed by atoms with Crippen LogP contribution < -0.4 is 0 Å². The first-order valence-electron chi connectivity index (χ1n) is 9.26. The summed E-state index contributed by atoms with van der Waals surface area (Å²) in [5, 5.41) is 15.8. The van der Waals surface area contributed by atoms with E-state index in [9.17, 15) is 5.11 Å². The van der Waals surface area contributed by atoms with Crippen molar-refractivity contribution in [3.8, 4) is 0 Å². The predicted molar refractivity (Wildman–Crippen MR) is 101 cm³/mol. The Balaban J connectivity index is 1.53. The van der Waals surface area contributed by atoms with Crippen molar-refractivity contribution in [3.63, 3.8) is 0 Å². The Morgan fingerprint density at radius 3 is 2.64 bits per heavy atom. The molecule has 2 aromatic carbocycles. The molecule has 2 saturated heterocycles. The van der Waals surface area contributed by atoms with Gasteiger partial charge in [-0.2, -0.15) is 0 Å². The van der Waals surface area contributed by atoms with Crippen molar-refractivity contribution in [1.29, 1.82) is 0 Å². The van der Waals surface area contributed by atoms with Gasteiger partial charge in [0.1, 0.15) is 24.4 Å². The third-order valence-electron chi connectivity index (χ3n) is 5.05. The van der Waals surface area contributed by atoms with Crippen molar-refractivity contribution >= 4 is 10.8 Å². The van der Waals surface area contributed by atoms with Crippen molar-refractivity contribution in [1.82, 2.24) is 0 Å². The Kier molecular flexibility index (Phi) is 5.25. The van der Waals surface area contributed by atoms with E-state index >= 15 is 0 Å². The second kappa shape index (κ2) is 7.67. The Hall–Kier alpha value is -2.19. The van der Waals surface area contributed by atoms with Gasteiger partial charge in [-0.15, -0.1) is 0 Å². The van der Waals surface area contributed by atoms with Gasteiger partial charge in [0.15, 0.2) is 12.1 Å². The molecular weight excluding hydrogens is 362 g/mol. The lowest BCUT2D eigenvalue weighted by Crippen LogP contribution is -2.57. The Morgan fingerprint density at radius 1 is 1.14 bits per heavy atom. The molecule has 2 aliphatic heterocycles. The number of hydrogen-bond acceptors (Lipinski definition) is 6. The van der Waals surface area contributed by atoms with Gasteiger partial charge in [-0.1, -0.05) is 41.5 Å². The molecule has 2 aromatic rings. The average Bonchev–Trinajstić information content (AvgIpc) is 3.02. The maximum atomic E-state index is 9.73. The molecule has 8 nitrogen and oxygen atoms in total. The zero-order valence-corrected chi connectivity index (χ0v) is 15.8. The van der Waals surface area contributed by atoms with E-state index in [2.05, 4.69) is 10.0 Å². The van der Waals surface area contributed by atoms with E-state index in [0.717, 1.165) is 16.3 Å². The second-order valence-corrected chi connectivity index (χ2v) is 7.48. The largest absolute Gasteiger partial charge is 0.394 e. The molecule has 1 N–H and O–H groups in total. The molecule has 2 heterocycles. The fourth-order valence-electron chi connectivity index (χ4n) is 3.83. The minimum absolute atomic E-state index is 0.251. The van der Waals surface area contributed by atoms with E-state index in [0.29, 0.717) is 0 Å². The molecule has 0 spiro atoms. The van der Waals surface area contributed by atoms with E-state index in [1.165, 1.54) is 0 Å². The minimum atomic E-state index is -0.859. The molecule has 0 aliphatic carbocycles. The molecule has 148 valence electrons. The van der Waals surface area contributed by atoms with Crippen LogP contribution in [0.2, 0.25) is 0 Å². The molecule has 2 fully saturated rings. The second-order valence-electron chi connectivity index (χ2n) is 7.48. The van der Waals surface area contributed by atoms with Crippen LogP contribution in [-0.2, 0) is 25.6 Å². The monoisotopic (exact) mass is 385 g/mol. The average molecular weight is 385 g/mol. The third kappa shape index (κ3) is 3.71. The van der Waals surface area contributed by atoms with Crippen LogP contribution in [0.3, 0.4) is 0 Å². The van der Waals surface area contributed by atoms with E-state index in [1.807, 2.05) is 42.5 Å². The molecule has 0 saturated carbocycles. The maximum Gasteiger partial charge on any atom is 0.169 e. The van der Waals surface area contributed by atoms with Gasteiger partial charge in [-0.05, 0) is 41.8 Å². The number of benzene rings is 2. The first-order valence-corrected chi connectivity index (χ1v) is 9.26. The van der Waals surface area contributed by atoms with Crippen LogP contribution in [0, 0.1) is 0 Å². The predicted octanol–water partition coefficient (Wildman–Crippen LogP) is 3.27. The van der Waals surface area contributed by atoms with Crippen molar-refractivity contribution in [2.45, 2.75) is 56.9 Å². The lowest BCUT2D eigenvalue weighted by molar-refractivity contribution is -0.250. The minimum Gasteiger partial charge on any atom is -0.394 e. The molecule has 5 atom stereocenters. The molecule has 0 radical (unpaired) electrons. The Morgan fingerprint density at radius 2 is 1.89 bits per heavy atom. The molecule has 4 rings (SSSR count). The van der Waals surface area contributed by atoms with Crippen LogP contribution in [0.25, 0.3) is 21.2 Å². The Labute approximate surface area is 162 Å². The van der Waals surface area contributed by atoms with Crippen LogP contribution in [0.15, 0.2) is 47.6 Å². The number of nitrogens with zero attached hydrogens (tertiary/aromatic N) is 3. The topological polar surface area (TPSA) is 106 Å². The lowest BCUT2D eigenvalue weighted by Gasteiger charge is -2.39. The summed E-state index contributed by atoms with van der Waals surface area (Å²) in [6, 6.07) is 13.4. The smallest absolute Gasteiger partial charge is 0.169 e. The highest BCUT2D eigenvalue weighted by Gasteiger charge is 2.55. The van der Waals surface area contributed by atoms with Crippen molar-refractivity contribution in [3.05, 3.63) is 58.5 Å². The van der Waals surface area contributed by atoms with Crippen LogP contribution in [0.1, 0.15) is 19.4 Å². The summed E-state index contributed by atoms with van der Waals surface area (Å²) in [4.78, 5) is 2.93. The molecule has 0 unspecified atom stereocenters. The van der Waals surface area contributed by atoms with Gasteiger partial charge >= 0.3 is 0 Å². The summed E-state index contributed by atoms with van der Waals surface area (Å²) in [5.74, 6) is -0.859. The molecule has 28 heavy (non-hydrogen) atoms. The van der Waals surface area contributed by atoms with E-state index < -0.39 is 36.4 Å². The fourth-order valence-corrected chi connectivity index (χ4v) is 3.83. The number of hydrogen-bond donors (Lipinski definition) is 1. The van der Waals surface area contributed by atoms with Crippen LogP contribution >= 0.6 is 0 Å². The van der Waals surface area contributed by atoms with E-state index in [1.54, 1.807) is 13.8 Å². The fraction of sp³-hybridized carbons (Fsp3) is 0.500. The highest BCUT2D eigenvalue weighted by molar-refractivity contribution is 5.82. The highest BCUT2D eigenvalue weighted by atomic mass is 16.8. The van der Waals surface area contributed by atoms with E-state index in [-0.39, 0.29) is 13.2 Å². The molecule has 0 bridgehead atoms. The first kappa shape index (κ1) is 19.1. The Bertz CT molecular complexity index is 898. The quantitative estimate of drug-likeness (QED) is 0.483. The van der Waals surface area contributed by atoms with Gasteiger partial charge < -0.3 is 24.1 Å². The summed E-state index contributed by atoms with van der Waals surface area (Å²) in [6.07, 6.45) is -2.56.